The summed E-state index contributed by atoms with van der Waals surface area (Å²) in [5.74, 6) is 1.08. The number of carbonyl (C=O) groups is 1. The number of imidazole rings is 1. The van der Waals surface area contributed by atoms with Crippen LogP contribution in [0, 0.1) is 0 Å². The smallest absolute Gasteiger partial charge is 0.222 e. The zero-order valence-corrected chi connectivity index (χ0v) is 18.0. The summed E-state index contributed by atoms with van der Waals surface area (Å²) in [6.45, 7) is 5.86. The first-order valence-electron chi connectivity index (χ1n) is 10.1. The maximum absolute atomic E-state index is 12.1. The van der Waals surface area contributed by atoms with Crippen LogP contribution in [0.3, 0.4) is 0 Å². The molecule has 0 aliphatic carbocycles. The van der Waals surface area contributed by atoms with Crippen molar-refractivity contribution in [1.29, 1.82) is 0 Å². The van der Waals surface area contributed by atoms with Crippen molar-refractivity contribution < 1.29 is 4.79 Å². The summed E-state index contributed by atoms with van der Waals surface area (Å²) in [5.41, 5.74) is 1.83. The first-order chi connectivity index (χ1) is 13.7. The van der Waals surface area contributed by atoms with E-state index in [1.165, 1.54) is 0 Å². The molecule has 3 rings (SSSR count). The Hall–Kier alpha value is -2.09. The Morgan fingerprint density at radius 2 is 2.14 bits per heavy atom. The Kier molecular flexibility index (Phi) is 7.71. The molecule has 0 radical (unpaired) electrons. The quantitative estimate of drug-likeness (QED) is 0.387. The van der Waals surface area contributed by atoms with Crippen molar-refractivity contribution in [3.05, 3.63) is 34.7 Å². The number of aromatic nitrogens is 2. The second-order valence-electron chi connectivity index (χ2n) is 7.01. The third kappa shape index (κ3) is 5.95. The first-order valence-corrected chi connectivity index (χ1v) is 10.9. The molecule has 1 aliphatic rings. The molecular weight excluding hydrogens is 420 g/mol. The molecule has 1 saturated heterocycles. The Morgan fingerprint density at radius 3 is 3.00 bits per heavy atom. The molecule has 28 heavy (non-hydrogen) atoms. The average Bonchev–Trinajstić information content (AvgIpc) is 2.97. The Morgan fingerprint density at radius 1 is 1.25 bits per heavy atom. The van der Waals surface area contributed by atoms with Gasteiger partial charge in [0, 0.05) is 49.5 Å². The van der Waals surface area contributed by atoms with Crippen molar-refractivity contribution >= 4 is 33.4 Å². The van der Waals surface area contributed by atoms with E-state index in [0.29, 0.717) is 18.9 Å². The molecule has 1 fully saturated rings. The highest BCUT2D eigenvalue weighted by Gasteiger charge is 2.15. The summed E-state index contributed by atoms with van der Waals surface area (Å²) in [6, 6.07) is 3.96. The summed E-state index contributed by atoms with van der Waals surface area (Å²) < 4.78 is 3.01. The first kappa shape index (κ1) is 20.6. The Balaban J connectivity index is 1.49. The predicted octanol–water partition coefficient (Wildman–Crippen LogP) is 2.94. The summed E-state index contributed by atoms with van der Waals surface area (Å²) in [4.78, 5) is 23.3. The van der Waals surface area contributed by atoms with Gasteiger partial charge < -0.3 is 19.9 Å². The molecular formula is C20H29BrN6O. The molecule has 8 heteroatoms. The fourth-order valence-electron chi connectivity index (χ4n) is 3.35. The fourth-order valence-corrected chi connectivity index (χ4v) is 3.70. The van der Waals surface area contributed by atoms with Crippen LogP contribution >= 0.6 is 15.9 Å². The van der Waals surface area contributed by atoms with E-state index in [2.05, 4.69) is 43.5 Å². The van der Waals surface area contributed by atoms with Crippen LogP contribution in [0.4, 0.5) is 0 Å². The molecule has 0 spiro atoms. The van der Waals surface area contributed by atoms with Gasteiger partial charge in [0.1, 0.15) is 5.65 Å². The zero-order valence-electron chi connectivity index (χ0n) is 16.5. The zero-order chi connectivity index (χ0) is 19.8. The van der Waals surface area contributed by atoms with Gasteiger partial charge in [0.05, 0.1) is 12.2 Å². The highest BCUT2D eigenvalue weighted by Crippen LogP contribution is 2.13. The molecule has 0 atom stereocenters. The van der Waals surface area contributed by atoms with Crippen LogP contribution in [0.1, 0.15) is 44.7 Å². The largest absolute Gasteiger partial charge is 0.357 e. The molecule has 152 valence electrons. The summed E-state index contributed by atoms with van der Waals surface area (Å²) >= 11 is 3.48. The molecule has 3 heterocycles. The van der Waals surface area contributed by atoms with E-state index in [0.717, 1.165) is 73.6 Å². The number of hydrogen-bond acceptors (Lipinski definition) is 3. The van der Waals surface area contributed by atoms with E-state index in [-0.39, 0.29) is 0 Å². The van der Waals surface area contributed by atoms with Crippen molar-refractivity contribution in [3.63, 3.8) is 0 Å². The standard InChI is InChI=1S/C20H29BrN6O/c1-2-22-20(23-10-6-12-26-11-5-3-4-7-19(26)28)24-13-17-15-27-14-16(21)8-9-18(27)25-17/h8-9,14-15H,2-7,10-13H2,1H3,(H2,22,23,24). The van der Waals surface area contributed by atoms with Gasteiger partial charge >= 0.3 is 0 Å². The van der Waals surface area contributed by atoms with E-state index in [9.17, 15) is 4.79 Å². The summed E-state index contributed by atoms with van der Waals surface area (Å²) in [6.07, 6.45) is 8.92. The van der Waals surface area contributed by atoms with Gasteiger partial charge in [-0.2, -0.15) is 0 Å². The van der Waals surface area contributed by atoms with E-state index >= 15 is 0 Å². The van der Waals surface area contributed by atoms with Crippen LogP contribution < -0.4 is 10.6 Å². The van der Waals surface area contributed by atoms with E-state index < -0.39 is 0 Å². The lowest BCUT2D eigenvalue weighted by Gasteiger charge is -2.20. The normalized spacial score (nSPS) is 15.7. The molecule has 0 bridgehead atoms. The molecule has 1 aliphatic heterocycles. The molecule has 7 nitrogen and oxygen atoms in total. The molecule has 0 unspecified atom stereocenters. The molecule has 2 aromatic heterocycles. The number of halogens is 1. The van der Waals surface area contributed by atoms with Crippen molar-refractivity contribution in [1.82, 2.24) is 24.9 Å². The Labute approximate surface area is 174 Å². The van der Waals surface area contributed by atoms with Crippen LogP contribution in [0.2, 0.25) is 0 Å². The van der Waals surface area contributed by atoms with E-state index in [4.69, 9.17) is 0 Å². The van der Waals surface area contributed by atoms with Gasteiger partial charge in [-0.25, -0.2) is 9.98 Å². The van der Waals surface area contributed by atoms with Gasteiger partial charge in [-0.15, -0.1) is 0 Å². The number of pyridine rings is 1. The highest BCUT2D eigenvalue weighted by atomic mass is 79.9. The lowest BCUT2D eigenvalue weighted by molar-refractivity contribution is -0.130. The second-order valence-corrected chi connectivity index (χ2v) is 7.93. The van der Waals surface area contributed by atoms with Gasteiger partial charge in [-0.05, 0) is 54.2 Å². The van der Waals surface area contributed by atoms with Gasteiger partial charge in [0.2, 0.25) is 5.91 Å². The van der Waals surface area contributed by atoms with E-state index in [1.807, 2.05) is 33.8 Å². The number of fused-ring (bicyclic) bond motifs is 1. The fraction of sp³-hybridized carbons (Fsp3) is 0.550. The van der Waals surface area contributed by atoms with Gasteiger partial charge in [-0.1, -0.05) is 6.42 Å². The number of nitrogens with zero attached hydrogens (tertiary/aromatic N) is 4. The molecule has 2 N–H and O–H groups in total. The summed E-state index contributed by atoms with van der Waals surface area (Å²) in [7, 11) is 0. The second kappa shape index (κ2) is 10.5. The highest BCUT2D eigenvalue weighted by molar-refractivity contribution is 9.10. The van der Waals surface area contributed by atoms with Crippen LogP contribution in [-0.2, 0) is 11.3 Å². The third-order valence-electron chi connectivity index (χ3n) is 4.78. The summed E-state index contributed by atoms with van der Waals surface area (Å²) in [5, 5.41) is 6.63. The Bertz CT molecular complexity index is 818. The van der Waals surface area contributed by atoms with Crippen LogP contribution in [0.25, 0.3) is 5.65 Å². The van der Waals surface area contributed by atoms with Crippen molar-refractivity contribution in [2.24, 2.45) is 4.99 Å². The molecule has 0 saturated carbocycles. The lowest BCUT2D eigenvalue weighted by atomic mass is 10.2. The number of aliphatic imine (C=N–C) groups is 1. The SMILES string of the molecule is CCNC(=NCc1cn2cc(Br)ccc2n1)NCCCN1CCCCCC1=O. The number of guanidine groups is 1. The minimum atomic E-state index is 0.302. The van der Waals surface area contributed by atoms with Gasteiger partial charge in [0.15, 0.2) is 5.96 Å². The minimum Gasteiger partial charge on any atom is -0.357 e. The number of likely N-dealkylation sites (tertiary alicyclic amines) is 1. The molecule has 2 aromatic rings. The monoisotopic (exact) mass is 448 g/mol. The predicted molar refractivity (Wildman–Crippen MR) is 115 cm³/mol. The van der Waals surface area contributed by atoms with Gasteiger partial charge in [0.25, 0.3) is 0 Å². The number of rotatable bonds is 7. The maximum Gasteiger partial charge on any atom is 0.222 e. The maximum atomic E-state index is 12.1. The number of hydrogen-bond donors (Lipinski definition) is 2. The van der Waals surface area contributed by atoms with Crippen LogP contribution in [0.5, 0.6) is 0 Å². The van der Waals surface area contributed by atoms with Crippen molar-refractivity contribution in [2.45, 2.75) is 45.6 Å². The third-order valence-corrected chi connectivity index (χ3v) is 5.25. The topological polar surface area (TPSA) is 74.0 Å². The molecule has 0 aromatic carbocycles. The number of carbonyl (C=O) groups excluding carboxylic acids is 1. The van der Waals surface area contributed by atoms with Crippen molar-refractivity contribution in [2.75, 3.05) is 26.2 Å². The van der Waals surface area contributed by atoms with Gasteiger partial charge in [-0.3, -0.25) is 4.79 Å². The van der Waals surface area contributed by atoms with E-state index in [1.54, 1.807) is 0 Å². The average molecular weight is 449 g/mol. The van der Waals surface area contributed by atoms with Crippen LogP contribution in [0.15, 0.2) is 34.0 Å². The number of nitrogens with one attached hydrogen (secondary N) is 2. The molecule has 1 amide bonds. The lowest BCUT2D eigenvalue weighted by Crippen LogP contribution is -2.39. The minimum absolute atomic E-state index is 0.302. The number of amides is 1. The van der Waals surface area contributed by atoms with Crippen molar-refractivity contribution in [3.8, 4) is 0 Å². The van der Waals surface area contributed by atoms with Crippen LogP contribution in [-0.4, -0.2) is 52.3 Å².